The lowest BCUT2D eigenvalue weighted by Gasteiger charge is -2.09. The van der Waals surface area contributed by atoms with E-state index in [2.05, 4.69) is 5.32 Å². The fraction of sp³-hybridized carbons (Fsp3) is 0.0870. The maximum Gasteiger partial charge on any atom is 0.341 e. The van der Waals surface area contributed by atoms with Crippen LogP contribution in [0.1, 0.15) is 27.6 Å². The van der Waals surface area contributed by atoms with Gasteiger partial charge in [0.2, 0.25) is 5.55 Å². The van der Waals surface area contributed by atoms with E-state index in [-0.39, 0.29) is 23.3 Å². The second-order valence-electron chi connectivity index (χ2n) is 6.56. The molecule has 2 heterocycles. The molecule has 0 aliphatic carbocycles. The number of para-hydroxylation sites is 1. The standard InChI is InChI=1S/C23H17ClN2O4S/c1-2-29-23(28)19-17(13-7-9-15(24)10-8-13)12-31-22(19)26-21(27)16-11-14-5-3-4-6-18(14)30-20(16)25/h3-12,25H,2H2,1H3,(H,26,27). The molecule has 4 aromatic rings. The quantitative estimate of drug-likeness (QED) is 0.378. The molecule has 2 aromatic carbocycles. The van der Waals surface area contributed by atoms with E-state index in [9.17, 15) is 9.59 Å². The van der Waals surface area contributed by atoms with Gasteiger partial charge in [-0.3, -0.25) is 10.2 Å². The summed E-state index contributed by atoms with van der Waals surface area (Å²) in [6.45, 7) is 1.91. The van der Waals surface area contributed by atoms with Crippen molar-refractivity contribution in [3.8, 4) is 11.1 Å². The Morgan fingerprint density at radius 3 is 2.65 bits per heavy atom. The fourth-order valence-electron chi connectivity index (χ4n) is 3.12. The highest BCUT2D eigenvalue weighted by Crippen LogP contribution is 2.37. The molecule has 0 saturated carbocycles. The SMILES string of the molecule is CCOC(=O)c1c(-c2ccc(Cl)cc2)csc1NC(=O)c1cc2ccccc2oc1=N. The van der Waals surface area contributed by atoms with Crippen molar-refractivity contribution < 1.29 is 18.7 Å². The van der Waals surface area contributed by atoms with Crippen LogP contribution < -0.4 is 10.9 Å². The van der Waals surface area contributed by atoms with Gasteiger partial charge in [0, 0.05) is 21.4 Å². The second kappa shape index (κ2) is 8.75. The van der Waals surface area contributed by atoms with Crippen LogP contribution in [0.2, 0.25) is 5.02 Å². The Labute approximate surface area is 186 Å². The molecule has 0 unspecified atom stereocenters. The number of halogens is 1. The Balaban J connectivity index is 1.73. The number of anilines is 1. The number of amides is 1. The first-order chi connectivity index (χ1) is 15.0. The minimum absolute atomic E-state index is 0.0648. The molecule has 2 aromatic heterocycles. The summed E-state index contributed by atoms with van der Waals surface area (Å²) in [7, 11) is 0. The van der Waals surface area contributed by atoms with E-state index in [0.29, 0.717) is 26.6 Å². The van der Waals surface area contributed by atoms with Crippen molar-refractivity contribution in [1.82, 2.24) is 0 Å². The van der Waals surface area contributed by atoms with Gasteiger partial charge in [-0.1, -0.05) is 41.9 Å². The lowest BCUT2D eigenvalue weighted by molar-refractivity contribution is 0.0529. The van der Waals surface area contributed by atoms with Gasteiger partial charge >= 0.3 is 5.97 Å². The molecule has 2 N–H and O–H groups in total. The van der Waals surface area contributed by atoms with Crippen molar-refractivity contribution in [1.29, 1.82) is 5.41 Å². The lowest BCUT2D eigenvalue weighted by Crippen LogP contribution is -2.21. The number of nitrogens with one attached hydrogen (secondary N) is 2. The molecule has 1 amide bonds. The van der Waals surface area contributed by atoms with Crippen molar-refractivity contribution in [2.75, 3.05) is 11.9 Å². The zero-order valence-corrected chi connectivity index (χ0v) is 18.0. The first-order valence-corrected chi connectivity index (χ1v) is 10.7. The molecular weight excluding hydrogens is 436 g/mol. The van der Waals surface area contributed by atoms with E-state index >= 15 is 0 Å². The number of ether oxygens (including phenoxy) is 1. The molecule has 0 spiro atoms. The predicted octanol–water partition coefficient (Wildman–Crippen LogP) is 5.72. The minimum atomic E-state index is -0.547. The zero-order chi connectivity index (χ0) is 22.0. The number of thiophene rings is 1. The topological polar surface area (TPSA) is 92.4 Å². The Kier molecular flexibility index (Phi) is 5.88. The van der Waals surface area contributed by atoms with Crippen LogP contribution in [0.25, 0.3) is 22.1 Å². The van der Waals surface area contributed by atoms with Crippen molar-refractivity contribution in [3.05, 3.63) is 81.7 Å². The molecule has 0 atom stereocenters. The molecule has 6 nitrogen and oxygen atoms in total. The Morgan fingerprint density at radius 1 is 1.16 bits per heavy atom. The Bertz CT molecular complexity index is 1340. The van der Waals surface area contributed by atoms with Crippen LogP contribution in [-0.2, 0) is 4.74 Å². The van der Waals surface area contributed by atoms with Crippen molar-refractivity contribution in [2.45, 2.75) is 6.92 Å². The Morgan fingerprint density at radius 2 is 1.90 bits per heavy atom. The summed E-state index contributed by atoms with van der Waals surface area (Å²) in [6.07, 6.45) is 0. The monoisotopic (exact) mass is 452 g/mol. The summed E-state index contributed by atoms with van der Waals surface area (Å²) < 4.78 is 10.7. The van der Waals surface area contributed by atoms with Gasteiger partial charge in [-0.25, -0.2) is 4.79 Å². The lowest BCUT2D eigenvalue weighted by atomic mass is 10.0. The molecule has 156 valence electrons. The highest BCUT2D eigenvalue weighted by molar-refractivity contribution is 7.15. The normalized spacial score (nSPS) is 10.8. The number of hydrogen-bond acceptors (Lipinski definition) is 6. The van der Waals surface area contributed by atoms with Gasteiger partial charge in [0.1, 0.15) is 21.7 Å². The number of esters is 1. The summed E-state index contributed by atoms with van der Waals surface area (Å²) in [5.41, 5.74) is 1.97. The molecule has 0 saturated heterocycles. The largest absolute Gasteiger partial charge is 0.462 e. The van der Waals surface area contributed by atoms with Crippen molar-refractivity contribution >= 4 is 50.8 Å². The fourth-order valence-corrected chi connectivity index (χ4v) is 4.19. The van der Waals surface area contributed by atoms with Gasteiger partial charge in [0.15, 0.2) is 0 Å². The number of rotatable bonds is 5. The van der Waals surface area contributed by atoms with E-state index in [1.807, 2.05) is 6.07 Å². The van der Waals surface area contributed by atoms with E-state index < -0.39 is 11.9 Å². The maximum atomic E-state index is 12.9. The summed E-state index contributed by atoms with van der Waals surface area (Å²) >= 11 is 7.18. The van der Waals surface area contributed by atoms with Gasteiger partial charge in [-0.15, -0.1) is 11.3 Å². The average molecular weight is 453 g/mol. The predicted molar refractivity (Wildman–Crippen MR) is 121 cm³/mol. The van der Waals surface area contributed by atoms with Gasteiger partial charge in [0.05, 0.1) is 6.61 Å². The third kappa shape index (κ3) is 4.23. The number of carbonyl (C=O) groups is 2. The molecule has 4 rings (SSSR count). The van der Waals surface area contributed by atoms with Crippen LogP contribution in [0.4, 0.5) is 5.00 Å². The molecular formula is C23H17ClN2O4S. The average Bonchev–Trinajstić information content (AvgIpc) is 3.17. The number of fused-ring (bicyclic) bond motifs is 1. The minimum Gasteiger partial charge on any atom is -0.462 e. The van der Waals surface area contributed by atoms with Crippen molar-refractivity contribution in [2.24, 2.45) is 0 Å². The molecule has 0 bridgehead atoms. The van der Waals surface area contributed by atoms with E-state index in [4.69, 9.17) is 26.2 Å². The molecule has 0 aliphatic rings. The van der Waals surface area contributed by atoms with Gasteiger partial charge in [-0.05, 0) is 36.8 Å². The smallest absolute Gasteiger partial charge is 0.341 e. The van der Waals surface area contributed by atoms with E-state index in [1.54, 1.807) is 60.8 Å². The van der Waals surface area contributed by atoms with Crippen LogP contribution in [0, 0.1) is 5.41 Å². The number of carbonyl (C=O) groups excluding carboxylic acids is 2. The summed E-state index contributed by atoms with van der Waals surface area (Å²) in [5, 5.41) is 14.2. The summed E-state index contributed by atoms with van der Waals surface area (Å²) in [6, 6.07) is 15.8. The van der Waals surface area contributed by atoms with Crippen molar-refractivity contribution in [3.63, 3.8) is 0 Å². The maximum absolute atomic E-state index is 12.9. The highest BCUT2D eigenvalue weighted by atomic mass is 35.5. The highest BCUT2D eigenvalue weighted by Gasteiger charge is 2.24. The van der Waals surface area contributed by atoms with Crippen LogP contribution in [0.3, 0.4) is 0 Å². The molecule has 0 fully saturated rings. The summed E-state index contributed by atoms with van der Waals surface area (Å²) in [4.78, 5) is 25.6. The zero-order valence-electron chi connectivity index (χ0n) is 16.4. The third-order valence-electron chi connectivity index (χ3n) is 4.57. The van der Waals surface area contributed by atoms with Crippen LogP contribution >= 0.6 is 22.9 Å². The third-order valence-corrected chi connectivity index (χ3v) is 5.72. The first kappa shape index (κ1) is 20.8. The Hall–Kier alpha value is -3.42. The molecule has 31 heavy (non-hydrogen) atoms. The van der Waals surface area contributed by atoms with Gasteiger partial charge < -0.3 is 14.5 Å². The first-order valence-electron chi connectivity index (χ1n) is 9.41. The van der Waals surface area contributed by atoms with Gasteiger partial charge in [0.25, 0.3) is 5.91 Å². The molecule has 8 heteroatoms. The van der Waals surface area contributed by atoms with Crippen LogP contribution in [-0.4, -0.2) is 18.5 Å². The molecule has 0 aliphatic heterocycles. The van der Waals surface area contributed by atoms with Crippen LogP contribution in [0.5, 0.6) is 0 Å². The van der Waals surface area contributed by atoms with Gasteiger partial charge in [-0.2, -0.15) is 0 Å². The van der Waals surface area contributed by atoms with E-state index in [0.717, 1.165) is 5.56 Å². The summed E-state index contributed by atoms with van der Waals surface area (Å²) in [5.74, 6) is -1.09. The van der Waals surface area contributed by atoms with E-state index in [1.165, 1.54) is 11.3 Å². The van der Waals surface area contributed by atoms with Crippen LogP contribution in [0.15, 0.2) is 64.4 Å². The number of hydrogen-bond donors (Lipinski definition) is 2. The second-order valence-corrected chi connectivity index (χ2v) is 7.88. The number of benzene rings is 2. The molecule has 0 radical (unpaired) electrons.